The van der Waals surface area contributed by atoms with E-state index in [2.05, 4.69) is 49.8 Å². The molecule has 1 aliphatic heterocycles. The molecule has 6 nitrogen and oxygen atoms in total. The van der Waals surface area contributed by atoms with Gasteiger partial charge in [0.15, 0.2) is 0 Å². The lowest BCUT2D eigenvalue weighted by Crippen LogP contribution is -2.37. The smallest absolute Gasteiger partial charge is 0.227 e. The van der Waals surface area contributed by atoms with Crippen molar-refractivity contribution in [3.05, 3.63) is 94.8 Å². The number of piperidine rings is 1. The predicted octanol–water partition coefficient (Wildman–Crippen LogP) is 6.05. The van der Waals surface area contributed by atoms with Crippen molar-refractivity contribution in [1.29, 1.82) is 0 Å². The van der Waals surface area contributed by atoms with Crippen molar-refractivity contribution < 1.29 is 4.79 Å². The summed E-state index contributed by atoms with van der Waals surface area (Å²) in [4.78, 5) is 24.0. The summed E-state index contributed by atoms with van der Waals surface area (Å²) in [6.45, 7) is 5.43. The Morgan fingerprint density at radius 2 is 1.69 bits per heavy atom. The lowest BCUT2D eigenvalue weighted by atomic mass is 9.95. The van der Waals surface area contributed by atoms with E-state index in [0.717, 1.165) is 60.2 Å². The lowest BCUT2D eigenvalue weighted by Gasteiger charge is -2.31. The molecule has 0 atom stereocenters. The summed E-state index contributed by atoms with van der Waals surface area (Å²) in [5.74, 6) is 0.875. The van der Waals surface area contributed by atoms with Gasteiger partial charge >= 0.3 is 0 Å². The molecular formula is C29H30ClN5O. The maximum atomic E-state index is 12.8. The number of nitrogens with one attached hydrogen (secondary N) is 2. The fourth-order valence-corrected chi connectivity index (χ4v) is 4.90. The van der Waals surface area contributed by atoms with Crippen LogP contribution >= 0.6 is 11.6 Å². The molecule has 36 heavy (non-hydrogen) atoms. The van der Waals surface area contributed by atoms with E-state index in [-0.39, 0.29) is 17.1 Å². The number of hydrogen-bond acceptors (Lipinski definition) is 5. The van der Waals surface area contributed by atoms with E-state index in [1.807, 2.05) is 55.5 Å². The minimum Gasteiger partial charge on any atom is -0.365 e. The maximum absolute atomic E-state index is 12.8. The number of anilines is 2. The zero-order valence-electron chi connectivity index (χ0n) is 20.4. The van der Waals surface area contributed by atoms with Crippen molar-refractivity contribution in [3.63, 3.8) is 0 Å². The fraction of sp³-hybridized carbons (Fsp3) is 0.276. The summed E-state index contributed by atoms with van der Waals surface area (Å²) in [6, 6.07) is 24.4. The van der Waals surface area contributed by atoms with Crippen molar-refractivity contribution in [2.24, 2.45) is 5.92 Å². The number of halogens is 1. The Morgan fingerprint density at radius 3 is 2.44 bits per heavy atom. The molecule has 0 aliphatic carbocycles. The van der Waals surface area contributed by atoms with E-state index >= 15 is 0 Å². The van der Waals surface area contributed by atoms with Crippen LogP contribution in [0.1, 0.15) is 29.5 Å². The topological polar surface area (TPSA) is 70.2 Å². The predicted molar refractivity (Wildman–Crippen MR) is 146 cm³/mol. The van der Waals surface area contributed by atoms with Gasteiger partial charge in [-0.2, -0.15) is 0 Å². The average Bonchev–Trinajstić information content (AvgIpc) is 2.90. The Balaban J connectivity index is 1.13. The molecule has 0 unspecified atom stereocenters. The van der Waals surface area contributed by atoms with Gasteiger partial charge in [-0.05, 0) is 79.3 Å². The fourth-order valence-electron chi connectivity index (χ4n) is 4.73. The molecule has 1 amide bonds. The van der Waals surface area contributed by atoms with E-state index in [9.17, 15) is 4.79 Å². The number of para-hydroxylation sites is 1. The number of benzene rings is 3. The number of aryl methyl sites for hydroxylation is 1. The van der Waals surface area contributed by atoms with Crippen LogP contribution in [0, 0.1) is 12.8 Å². The Labute approximate surface area is 216 Å². The summed E-state index contributed by atoms with van der Waals surface area (Å²) in [6.07, 6.45) is 1.77. The number of aromatic nitrogens is 2. The van der Waals surface area contributed by atoms with Gasteiger partial charge in [-0.3, -0.25) is 9.69 Å². The molecule has 1 aliphatic rings. The van der Waals surface area contributed by atoms with Gasteiger partial charge in [0, 0.05) is 30.1 Å². The zero-order valence-corrected chi connectivity index (χ0v) is 21.1. The molecule has 0 spiro atoms. The maximum Gasteiger partial charge on any atom is 0.227 e. The molecule has 0 radical (unpaired) electrons. The minimum atomic E-state index is 0.0533. The summed E-state index contributed by atoms with van der Waals surface area (Å²) >= 11 is 6.15. The van der Waals surface area contributed by atoms with Crippen LogP contribution in [0.3, 0.4) is 0 Å². The van der Waals surface area contributed by atoms with Gasteiger partial charge in [-0.15, -0.1) is 0 Å². The van der Waals surface area contributed by atoms with Gasteiger partial charge in [0.25, 0.3) is 0 Å². The molecular weight excluding hydrogens is 470 g/mol. The standard InChI is InChI=1S/C29H30ClN5O/c1-20-6-5-9-25-26(20)33-29(30)34-27(25)31-18-21-10-12-24(13-11-21)32-28(36)23-14-16-35(17-15-23)19-22-7-3-2-4-8-22/h2-13,23H,14-19H2,1H3,(H,32,36)(H,31,33,34). The molecule has 1 fully saturated rings. The first kappa shape index (κ1) is 24.2. The molecule has 0 saturated carbocycles. The van der Waals surface area contributed by atoms with Gasteiger partial charge in [0.1, 0.15) is 5.82 Å². The van der Waals surface area contributed by atoms with Crippen LogP contribution in [0.4, 0.5) is 11.5 Å². The number of carbonyl (C=O) groups excluding carboxylic acids is 1. The second-order valence-electron chi connectivity index (χ2n) is 9.39. The molecule has 2 N–H and O–H groups in total. The molecule has 184 valence electrons. The SMILES string of the molecule is Cc1cccc2c(NCc3ccc(NC(=O)C4CCN(Cc5ccccc5)CC4)cc3)nc(Cl)nc12. The van der Waals surface area contributed by atoms with Crippen molar-refractivity contribution >= 4 is 39.9 Å². The molecule has 1 aromatic heterocycles. The highest BCUT2D eigenvalue weighted by atomic mass is 35.5. The van der Waals surface area contributed by atoms with Crippen molar-refractivity contribution in [2.45, 2.75) is 32.9 Å². The molecule has 1 saturated heterocycles. The van der Waals surface area contributed by atoms with Gasteiger partial charge in [0.05, 0.1) is 5.52 Å². The van der Waals surface area contributed by atoms with Gasteiger partial charge in [-0.1, -0.05) is 54.6 Å². The van der Waals surface area contributed by atoms with E-state index in [1.165, 1.54) is 5.56 Å². The summed E-state index contributed by atoms with van der Waals surface area (Å²) in [5.41, 5.74) is 5.13. The number of rotatable bonds is 7. The van der Waals surface area contributed by atoms with Crippen LogP contribution in [-0.2, 0) is 17.9 Å². The first-order valence-corrected chi connectivity index (χ1v) is 12.8. The van der Waals surface area contributed by atoms with Crippen LogP contribution in [0.25, 0.3) is 10.9 Å². The first-order chi connectivity index (χ1) is 17.5. The Kier molecular flexibility index (Phi) is 7.44. The Morgan fingerprint density at radius 1 is 0.944 bits per heavy atom. The number of amides is 1. The number of hydrogen-bond donors (Lipinski definition) is 2. The molecule has 5 rings (SSSR count). The van der Waals surface area contributed by atoms with Crippen LogP contribution in [0.15, 0.2) is 72.8 Å². The first-order valence-electron chi connectivity index (χ1n) is 12.4. The van der Waals surface area contributed by atoms with Gasteiger partial charge < -0.3 is 10.6 Å². The highest BCUT2D eigenvalue weighted by Crippen LogP contribution is 2.25. The summed E-state index contributed by atoms with van der Waals surface area (Å²) in [5, 5.41) is 7.64. The number of fused-ring (bicyclic) bond motifs is 1. The molecule has 7 heteroatoms. The summed E-state index contributed by atoms with van der Waals surface area (Å²) in [7, 11) is 0. The van der Waals surface area contributed by atoms with Crippen LogP contribution < -0.4 is 10.6 Å². The highest BCUT2D eigenvalue weighted by molar-refractivity contribution is 6.28. The molecule has 3 aromatic carbocycles. The molecule has 4 aromatic rings. The second-order valence-corrected chi connectivity index (χ2v) is 9.73. The Bertz CT molecular complexity index is 1340. The van der Waals surface area contributed by atoms with Gasteiger partial charge in [0.2, 0.25) is 11.2 Å². The highest BCUT2D eigenvalue weighted by Gasteiger charge is 2.25. The number of likely N-dealkylation sites (tertiary alicyclic amines) is 1. The van der Waals surface area contributed by atoms with Crippen molar-refractivity contribution in [3.8, 4) is 0 Å². The van der Waals surface area contributed by atoms with Crippen molar-refractivity contribution in [2.75, 3.05) is 23.7 Å². The normalized spacial score (nSPS) is 14.6. The zero-order chi connectivity index (χ0) is 24.9. The van der Waals surface area contributed by atoms with E-state index in [0.29, 0.717) is 12.4 Å². The third-order valence-corrected chi connectivity index (χ3v) is 6.96. The van der Waals surface area contributed by atoms with Crippen LogP contribution in [-0.4, -0.2) is 33.9 Å². The summed E-state index contributed by atoms with van der Waals surface area (Å²) < 4.78 is 0. The number of nitrogens with zero attached hydrogens (tertiary/aromatic N) is 3. The van der Waals surface area contributed by atoms with E-state index in [1.54, 1.807) is 0 Å². The third kappa shape index (κ3) is 5.83. The quantitative estimate of drug-likeness (QED) is 0.303. The van der Waals surface area contributed by atoms with E-state index < -0.39 is 0 Å². The average molecular weight is 500 g/mol. The van der Waals surface area contributed by atoms with Crippen LogP contribution in [0.2, 0.25) is 5.28 Å². The molecule has 0 bridgehead atoms. The monoisotopic (exact) mass is 499 g/mol. The second kappa shape index (κ2) is 11.1. The Hall–Kier alpha value is -3.48. The van der Waals surface area contributed by atoms with Crippen molar-refractivity contribution in [1.82, 2.24) is 14.9 Å². The largest absolute Gasteiger partial charge is 0.365 e. The van der Waals surface area contributed by atoms with Crippen LogP contribution in [0.5, 0.6) is 0 Å². The van der Waals surface area contributed by atoms with E-state index in [4.69, 9.17) is 11.6 Å². The third-order valence-electron chi connectivity index (χ3n) is 6.79. The lowest BCUT2D eigenvalue weighted by molar-refractivity contribution is -0.121. The molecule has 2 heterocycles. The van der Waals surface area contributed by atoms with Gasteiger partial charge in [-0.25, -0.2) is 9.97 Å². The number of carbonyl (C=O) groups is 1. The minimum absolute atomic E-state index is 0.0533.